The predicted octanol–water partition coefficient (Wildman–Crippen LogP) is 5.38. The van der Waals surface area contributed by atoms with Crippen LogP contribution in [0.25, 0.3) is 0 Å². The normalized spacial score (nSPS) is 14.7. The first-order valence-corrected chi connectivity index (χ1v) is 14.0. The van der Waals surface area contributed by atoms with Gasteiger partial charge in [-0.05, 0) is 47.5 Å². The minimum Gasteiger partial charge on any atom is -0.438 e. The summed E-state index contributed by atoms with van der Waals surface area (Å²) < 4.78 is 47.6. The fourth-order valence-electron chi connectivity index (χ4n) is 3.30. The number of hydrogen-bond donors (Lipinski definition) is 0. The van der Waals surface area contributed by atoms with Gasteiger partial charge in [0.2, 0.25) is 12.3 Å². The van der Waals surface area contributed by atoms with Gasteiger partial charge in [0.25, 0.3) is 0 Å². The number of fused-ring (bicyclic) bond motifs is 1. The van der Waals surface area contributed by atoms with Gasteiger partial charge in [-0.15, -0.1) is 0 Å². The highest BCUT2D eigenvalue weighted by atomic mass is 127. The van der Waals surface area contributed by atoms with Gasteiger partial charge in [-0.25, -0.2) is 14.7 Å². The van der Waals surface area contributed by atoms with Gasteiger partial charge in [-0.1, -0.05) is 17.7 Å². The monoisotopic (exact) mass is 622 g/mol. The smallest absolute Gasteiger partial charge is 0.421 e. The summed E-state index contributed by atoms with van der Waals surface area (Å²) >= 11 is 8.27. The summed E-state index contributed by atoms with van der Waals surface area (Å²) in [7, 11) is 0. The molecule has 0 radical (unpaired) electrons. The zero-order valence-corrected chi connectivity index (χ0v) is 21.4. The number of amides is 1. The zero-order chi connectivity index (χ0) is 24.9. The highest BCUT2D eigenvalue weighted by Gasteiger charge is 2.38. The maximum absolute atomic E-state index is 13.6. The van der Waals surface area contributed by atoms with Crippen LogP contribution in [0.5, 0.6) is 11.6 Å². The fraction of sp³-hybridized carbons (Fsp3) is 0.250. The van der Waals surface area contributed by atoms with E-state index < -0.39 is 23.1 Å². The molecule has 178 valence electrons. The second-order valence-corrected chi connectivity index (χ2v) is 9.51. The van der Waals surface area contributed by atoms with Gasteiger partial charge < -0.3 is 9.64 Å². The number of carbonyl (C=O) groups excluding carboxylic acids is 1. The molecule has 1 atom stereocenters. The van der Waals surface area contributed by atoms with E-state index in [1.54, 1.807) is 13.0 Å². The molecule has 1 aliphatic heterocycles. The summed E-state index contributed by atoms with van der Waals surface area (Å²) in [5, 5.41) is 13.7. The van der Waals surface area contributed by atoms with E-state index in [0.717, 1.165) is 12.1 Å². The highest BCUT2D eigenvalue weighted by Crippen LogP contribution is 2.41. The fourth-order valence-corrected chi connectivity index (χ4v) is 4.32. The molecular weight excluding hydrogens is 607 g/mol. The Morgan fingerprint density at radius 1 is 1.44 bits per heavy atom. The summed E-state index contributed by atoms with van der Waals surface area (Å²) in [6.45, 7) is 2.39. The van der Waals surface area contributed by atoms with Crippen molar-refractivity contribution in [1.29, 1.82) is 5.26 Å². The SMILES string of the molecule is C/C(Cl)=C(\C=N/N(C=O)PI)N1CCc2c(ncnc2Oc2cccc(C#N)c2C(F)(F)F)C1. The molecule has 2 aromatic rings. The number of nitrogens with zero attached hydrogens (tertiary/aromatic N) is 6. The lowest BCUT2D eigenvalue weighted by Gasteiger charge is -2.31. The second-order valence-electron chi connectivity index (χ2n) is 6.86. The van der Waals surface area contributed by atoms with Crippen molar-refractivity contribution in [3.05, 3.63) is 57.6 Å². The molecule has 2 heterocycles. The molecule has 0 bridgehead atoms. The van der Waals surface area contributed by atoms with E-state index in [-0.39, 0.29) is 18.8 Å². The summed E-state index contributed by atoms with van der Waals surface area (Å²) in [6.07, 6.45) is -1.02. The Labute approximate surface area is 212 Å². The Balaban J connectivity index is 1.92. The largest absolute Gasteiger partial charge is 0.438 e. The Bertz CT molecular complexity index is 1180. The lowest BCUT2D eigenvalue weighted by Crippen LogP contribution is -2.32. The minimum absolute atomic E-state index is 0.00901. The van der Waals surface area contributed by atoms with E-state index in [1.165, 1.54) is 23.4 Å². The quantitative estimate of drug-likeness (QED) is 0.135. The Hall–Kier alpha value is -2.49. The van der Waals surface area contributed by atoms with Crippen LogP contribution in [0.4, 0.5) is 13.2 Å². The van der Waals surface area contributed by atoms with Crippen LogP contribution in [0, 0.1) is 11.3 Å². The first kappa shape index (κ1) is 26.1. The summed E-state index contributed by atoms with van der Waals surface area (Å²) in [6, 6.07) is 5.10. The molecule has 0 spiro atoms. The molecule has 0 fully saturated rings. The number of rotatable bonds is 7. The highest BCUT2D eigenvalue weighted by molar-refractivity contribution is 14.2. The molecule has 14 heteroatoms. The number of halogens is 5. The third kappa shape index (κ3) is 5.95. The van der Waals surface area contributed by atoms with Crippen molar-refractivity contribution < 1.29 is 22.7 Å². The lowest BCUT2D eigenvalue weighted by atomic mass is 10.0. The van der Waals surface area contributed by atoms with E-state index in [2.05, 4.69) is 15.1 Å². The number of hydrogen-bond acceptors (Lipinski definition) is 7. The van der Waals surface area contributed by atoms with Gasteiger partial charge in [-0.3, -0.25) is 4.79 Å². The number of ether oxygens (including phenoxy) is 1. The van der Waals surface area contributed by atoms with E-state index in [4.69, 9.17) is 21.6 Å². The number of nitriles is 1. The Kier molecular flexibility index (Phi) is 8.67. The molecule has 1 aromatic carbocycles. The molecule has 1 unspecified atom stereocenters. The molecule has 0 N–H and O–H groups in total. The molecule has 0 saturated carbocycles. The van der Waals surface area contributed by atoms with Crippen molar-refractivity contribution in [2.75, 3.05) is 6.54 Å². The van der Waals surface area contributed by atoms with Crippen molar-refractivity contribution in [1.82, 2.24) is 19.6 Å². The predicted molar refractivity (Wildman–Crippen MR) is 130 cm³/mol. The standard InChI is InChI=1S/C20H16ClF3IN6O2P/c1-12(21)16(8-29-31(11-32)34-25)30-6-5-14-15(9-30)27-10-28-19(14)33-17-4-2-3-13(7-26)18(17)20(22,23)24/h2-4,8,10-11,34H,5-6,9H2,1H3/b16-12-,29-8-. The van der Waals surface area contributed by atoms with Crippen LogP contribution >= 0.6 is 40.0 Å². The summed E-state index contributed by atoms with van der Waals surface area (Å²) in [5.74, 6) is -0.516. The van der Waals surface area contributed by atoms with Gasteiger partial charge in [0.05, 0.1) is 42.2 Å². The molecule has 1 aromatic heterocycles. The van der Waals surface area contributed by atoms with E-state index >= 15 is 0 Å². The molecule has 34 heavy (non-hydrogen) atoms. The first-order chi connectivity index (χ1) is 16.2. The summed E-state index contributed by atoms with van der Waals surface area (Å²) in [4.78, 5) is 21.2. The number of benzene rings is 1. The van der Waals surface area contributed by atoms with Crippen molar-refractivity contribution in [2.45, 2.75) is 26.1 Å². The number of hydrazone groups is 1. The molecule has 0 saturated heterocycles. The van der Waals surface area contributed by atoms with Crippen LogP contribution in [0.2, 0.25) is 0 Å². The van der Waals surface area contributed by atoms with Crippen LogP contribution in [0.1, 0.15) is 29.3 Å². The summed E-state index contributed by atoms with van der Waals surface area (Å²) in [5.41, 5.74) is -0.00973. The number of carbonyl (C=O) groups is 1. The first-order valence-electron chi connectivity index (χ1n) is 9.56. The van der Waals surface area contributed by atoms with Gasteiger partial charge in [0, 0.05) is 17.1 Å². The van der Waals surface area contributed by atoms with Crippen LogP contribution in [0.15, 0.2) is 40.4 Å². The van der Waals surface area contributed by atoms with E-state index in [0.29, 0.717) is 41.4 Å². The molecule has 1 amide bonds. The van der Waals surface area contributed by atoms with Crippen molar-refractivity contribution in [3.8, 4) is 17.7 Å². The zero-order valence-electron chi connectivity index (χ0n) is 17.5. The molecule has 8 nitrogen and oxygen atoms in total. The van der Waals surface area contributed by atoms with Crippen molar-refractivity contribution >= 4 is 52.6 Å². The third-order valence-electron chi connectivity index (χ3n) is 4.79. The van der Waals surface area contributed by atoms with Gasteiger partial charge in [-0.2, -0.15) is 23.5 Å². The maximum Gasteiger partial charge on any atom is 0.421 e. The van der Waals surface area contributed by atoms with Gasteiger partial charge >= 0.3 is 6.18 Å². The van der Waals surface area contributed by atoms with Crippen molar-refractivity contribution in [2.24, 2.45) is 5.10 Å². The van der Waals surface area contributed by atoms with Crippen LogP contribution in [-0.2, 0) is 23.9 Å². The van der Waals surface area contributed by atoms with Gasteiger partial charge in [0.1, 0.15) is 17.6 Å². The number of aromatic nitrogens is 2. The Morgan fingerprint density at radius 2 is 2.21 bits per heavy atom. The topological polar surface area (TPSA) is 94.7 Å². The molecule has 0 aliphatic carbocycles. The minimum atomic E-state index is -4.78. The lowest BCUT2D eigenvalue weighted by molar-refractivity contribution is -0.138. The second kappa shape index (κ2) is 11.3. The number of allylic oxidation sites excluding steroid dienone is 2. The van der Waals surface area contributed by atoms with Crippen LogP contribution in [0.3, 0.4) is 0 Å². The van der Waals surface area contributed by atoms with Crippen molar-refractivity contribution in [3.63, 3.8) is 0 Å². The van der Waals surface area contributed by atoms with Crippen LogP contribution in [-0.4, -0.2) is 38.8 Å². The van der Waals surface area contributed by atoms with E-state index in [9.17, 15) is 18.0 Å². The average molecular weight is 623 g/mol. The third-order valence-corrected chi connectivity index (χ3v) is 6.86. The van der Waals surface area contributed by atoms with E-state index in [1.807, 2.05) is 26.9 Å². The molecule has 3 rings (SSSR count). The number of alkyl halides is 3. The van der Waals surface area contributed by atoms with Gasteiger partial charge in [0.15, 0.2) is 0 Å². The molecule has 1 aliphatic rings. The maximum atomic E-state index is 13.6. The average Bonchev–Trinajstić information content (AvgIpc) is 2.80. The molecular formula is C20H16ClF3IN6O2P. The Morgan fingerprint density at radius 3 is 2.82 bits per heavy atom. The van der Waals surface area contributed by atoms with Crippen LogP contribution < -0.4 is 4.74 Å².